The second-order valence-electron chi connectivity index (χ2n) is 4.78. The maximum atomic E-state index is 10.1. The summed E-state index contributed by atoms with van der Waals surface area (Å²) in [7, 11) is 0. The zero-order valence-corrected chi connectivity index (χ0v) is 10.7. The molecule has 1 saturated heterocycles. The summed E-state index contributed by atoms with van der Waals surface area (Å²) in [5.41, 5.74) is 6.80. The second-order valence-corrected chi connectivity index (χ2v) is 5.22. The zero-order valence-electron chi connectivity index (χ0n) is 9.89. The van der Waals surface area contributed by atoms with E-state index in [9.17, 15) is 5.11 Å². The van der Waals surface area contributed by atoms with Crippen molar-refractivity contribution in [3.05, 3.63) is 24.0 Å². The molecule has 0 saturated carbocycles. The van der Waals surface area contributed by atoms with Gasteiger partial charge in [0.05, 0.1) is 17.5 Å². The van der Waals surface area contributed by atoms with Crippen LogP contribution in [0.4, 0.5) is 5.69 Å². The van der Waals surface area contributed by atoms with Gasteiger partial charge in [-0.1, -0.05) is 12.2 Å². The summed E-state index contributed by atoms with van der Waals surface area (Å²) >= 11 is 5.04. The molecule has 0 aromatic carbocycles. The zero-order chi connectivity index (χ0) is 12.5. The lowest BCUT2D eigenvalue weighted by Crippen LogP contribution is -2.46. The number of piperidine rings is 1. The van der Waals surface area contributed by atoms with Crippen LogP contribution in [0.2, 0.25) is 0 Å². The molecule has 0 bridgehead atoms. The Kier molecular flexibility index (Phi) is 3.31. The van der Waals surface area contributed by atoms with Gasteiger partial charge in [-0.3, -0.25) is 4.98 Å². The number of hydrogen-bond acceptors (Lipinski definition) is 4. The van der Waals surface area contributed by atoms with E-state index in [1.165, 1.54) is 0 Å². The van der Waals surface area contributed by atoms with Crippen molar-refractivity contribution in [1.29, 1.82) is 0 Å². The van der Waals surface area contributed by atoms with Gasteiger partial charge in [0.2, 0.25) is 0 Å². The van der Waals surface area contributed by atoms with Gasteiger partial charge in [-0.05, 0) is 25.8 Å². The van der Waals surface area contributed by atoms with Crippen LogP contribution in [-0.4, -0.2) is 33.8 Å². The predicted octanol–water partition coefficient (Wildman–Crippen LogP) is 1.07. The molecule has 4 nitrogen and oxygen atoms in total. The summed E-state index contributed by atoms with van der Waals surface area (Å²) in [5.74, 6) is 0. The molecule has 2 heterocycles. The normalized spacial score (nSPS) is 24.7. The Morgan fingerprint density at radius 3 is 3.06 bits per heavy atom. The minimum atomic E-state index is -0.651. The second kappa shape index (κ2) is 4.58. The first-order valence-corrected chi connectivity index (χ1v) is 6.11. The van der Waals surface area contributed by atoms with Gasteiger partial charge in [0, 0.05) is 24.8 Å². The van der Waals surface area contributed by atoms with Gasteiger partial charge < -0.3 is 15.7 Å². The number of rotatable bonds is 2. The number of anilines is 1. The van der Waals surface area contributed by atoms with Crippen LogP contribution in [0.1, 0.15) is 25.3 Å². The van der Waals surface area contributed by atoms with Crippen molar-refractivity contribution < 1.29 is 5.11 Å². The van der Waals surface area contributed by atoms with Crippen molar-refractivity contribution >= 4 is 22.9 Å². The molecule has 1 aliphatic heterocycles. The largest absolute Gasteiger partial charge is 0.389 e. The molecule has 1 atom stereocenters. The molecule has 1 fully saturated rings. The molecule has 0 radical (unpaired) electrons. The highest BCUT2D eigenvalue weighted by atomic mass is 32.1. The summed E-state index contributed by atoms with van der Waals surface area (Å²) in [6.45, 7) is 3.35. The minimum absolute atomic E-state index is 0.368. The minimum Gasteiger partial charge on any atom is -0.389 e. The van der Waals surface area contributed by atoms with Gasteiger partial charge in [0.25, 0.3) is 0 Å². The highest BCUT2D eigenvalue weighted by molar-refractivity contribution is 7.80. The Balaban J connectivity index is 2.30. The van der Waals surface area contributed by atoms with Crippen LogP contribution in [-0.2, 0) is 0 Å². The van der Waals surface area contributed by atoms with E-state index in [-0.39, 0.29) is 0 Å². The van der Waals surface area contributed by atoms with Crippen molar-refractivity contribution in [3.8, 4) is 0 Å². The third-order valence-corrected chi connectivity index (χ3v) is 3.30. The molecule has 1 unspecified atom stereocenters. The molecular weight excluding hydrogens is 234 g/mol. The first-order chi connectivity index (χ1) is 7.99. The molecule has 1 aromatic heterocycles. The third-order valence-electron chi connectivity index (χ3n) is 3.08. The van der Waals surface area contributed by atoms with Crippen molar-refractivity contribution in [3.63, 3.8) is 0 Å². The van der Waals surface area contributed by atoms with Gasteiger partial charge >= 0.3 is 0 Å². The van der Waals surface area contributed by atoms with Crippen molar-refractivity contribution in [2.75, 3.05) is 18.0 Å². The van der Waals surface area contributed by atoms with E-state index in [1.54, 1.807) is 12.4 Å². The molecule has 17 heavy (non-hydrogen) atoms. The Hall–Kier alpha value is -1.20. The Morgan fingerprint density at radius 1 is 1.65 bits per heavy atom. The lowest BCUT2D eigenvalue weighted by molar-refractivity contribution is 0.0449. The van der Waals surface area contributed by atoms with E-state index in [0.717, 1.165) is 30.6 Å². The Labute approximate surface area is 106 Å². The van der Waals surface area contributed by atoms with E-state index in [4.69, 9.17) is 18.0 Å². The van der Waals surface area contributed by atoms with Crippen LogP contribution >= 0.6 is 12.2 Å². The predicted molar refractivity (Wildman–Crippen MR) is 72.2 cm³/mol. The summed E-state index contributed by atoms with van der Waals surface area (Å²) < 4.78 is 0. The van der Waals surface area contributed by atoms with Gasteiger partial charge in [-0.2, -0.15) is 0 Å². The van der Waals surface area contributed by atoms with E-state index in [2.05, 4.69) is 9.88 Å². The fraction of sp³-hybridized carbons (Fsp3) is 0.500. The third kappa shape index (κ3) is 2.73. The maximum absolute atomic E-state index is 10.1. The van der Waals surface area contributed by atoms with Crippen molar-refractivity contribution in [2.24, 2.45) is 5.73 Å². The van der Waals surface area contributed by atoms with Crippen LogP contribution in [0, 0.1) is 0 Å². The number of aliphatic hydroxyl groups is 1. The van der Waals surface area contributed by atoms with Gasteiger partial charge in [-0.25, -0.2) is 0 Å². The molecule has 2 rings (SSSR count). The van der Waals surface area contributed by atoms with Crippen molar-refractivity contribution in [1.82, 2.24) is 4.98 Å². The summed E-state index contributed by atoms with van der Waals surface area (Å²) in [6, 6.07) is 1.82. The van der Waals surface area contributed by atoms with Crippen LogP contribution < -0.4 is 10.6 Å². The first-order valence-electron chi connectivity index (χ1n) is 5.71. The average Bonchev–Trinajstić information content (AvgIpc) is 2.27. The smallest absolute Gasteiger partial charge is 0.106 e. The molecule has 0 amide bonds. The SMILES string of the molecule is CC1(O)CCCN(c2cnccc2C(N)=S)C1. The number of nitrogens with two attached hydrogens (primary N) is 1. The highest BCUT2D eigenvalue weighted by Crippen LogP contribution is 2.27. The fourth-order valence-corrected chi connectivity index (χ4v) is 2.44. The number of aromatic nitrogens is 1. The monoisotopic (exact) mass is 251 g/mol. The van der Waals surface area contributed by atoms with Crippen LogP contribution in [0.3, 0.4) is 0 Å². The first kappa shape index (κ1) is 12.3. The topological polar surface area (TPSA) is 62.4 Å². The molecule has 3 N–H and O–H groups in total. The highest BCUT2D eigenvalue weighted by Gasteiger charge is 2.29. The molecule has 5 heteroatoms. The number of thiocarbonyl (C=S) groups is 1. The maximum Gasteiger partial charge on any atom is 0.106 e. The summed E-state index contributed by atoms with van der Waals surface area (Å²) in [4.78, 5) is 6.58. The fourth-order valence-electron chi connectivity index (χ4n) is 2.27. The molecule has 92 valence electrons. The number of β-amino-alcohol motifs (C(OH)–C–C–N with tert-alkyl or cyclic N) is 1. The van der Waals surface area contributed by atoms with E-state index >= 15 is 0 Å². The number of hydrogen-bond donors (Lipinski definition) is 2. The lowest BCUT2D eigenvalue weighted by atomic mass is 9.94. The Morgan fingerprint density at radius 2 is 2.41 bits per heavy atom. The van der Waals surface area contributed by atoms with Gasteiger partial charge in [-0.15, -0.1) is 0 Å². The van der Waals surface area contributed by atoms with Crippen molar-refractivity contribution in [2.45, 2.75) is 25.4 Å². The van der Waals surface area contributed by atoms with Gasteiger partial charge in [0.15, 0.2) is 0 Å². The van der Waals surface area contributed by atoms with Crippen LogP contribution in [0.25, 0.3) is 0 Å². The lowest BCUT2D eigenvalue weighted by Gasteiger charge is -2.38. The molecular formula is C12H17N3OS. The molecule has 1 aliphatic rings. The molecule has 1 aromatic rings. The Bertz CT molecular complexity index is 434. The summed E-state index contributed by atoms with van der Waals surface area (Å²) in [6.07, 6.45) is 5.22. The number of nitrogens with zero attached hydrogens (tertiary/aromatic N) is 2. The van der Waals surface area contributed by atoms with Gasteiger partial charge in [0.1, 0.15) is 4.99 Å². The molecule has 0 aliphatic carbocycles. The number of pyridine rings is 1. The average molecular weight is 251 g/mol. The van der Waals surface area contributed by atoms with Crippen LogP contribution in [0.15, 0.2) is 18.5 Å². The van der Waals surface area contributed by atoms with E-state index < -0.39 is 5.60 Å². The van der Waals surface area contributed by atoms with E-state index in [1.807, 2.05) is 13.0 Å². The standard InChI is InChI=1S/C12H17N3OS/c1-12(16)4-2-6-15(8-12)10-7-14-5-3-9(10)11(13)17/h3,5,7,16H,2,4,6,8H2,1H3,(H2,13,17). The van der Waals surface area contributed by atoms with Crippen LogP contribution in [0.5, 0.6) is 0 Å². The van der Waals surface area contributed by atoms with E-state index in [0.29, 0.717) is 11.5 Å². The summed E-state index contributed by atoms with van der Waals surface area (Å²) in [5, 5.41) is 10.1. The molecule has 0 spiro atoms. The quantitative estimate of drug-likeness (QED) is 0.770.